The molecular weight excluding hydrogens is 288 g/mol. The van der Waals surface area contributed by atoms with Crippen LogP contribution >= 0.6 is 11.6 Å². The predicted octanol–water partition coefficient (Wildman–Crippen LogP) is 4.01. The zero-order valence-electron chi connectivity index (χ0n) is 12.1. The third-order valence-corrected chi connectivity index (χ3v) is 4.19. The summed E-state index contributed by atoms with van der Waals surface area (Å²) in [6.07, 6.45) is 2.76. The minimum absolute atomic E-state index is 0.264. The van der Waals surface area contributed by atoms with Gasteiger partial charge in [-0.25, -0.2) is 0 Å². The van der Waals surface area contributed by atoms with Crippen molar-refractivity contribution < 1.29 is 9.32 Å². The van der Waals surface area contributed by atoms with Gasteiger partial charge in [0.25, 0.3) is 5.91 Å². The van der Waals surface area contributed by atoms with Gasteiger partial charge in [-0.1, -0.05) is 29.7 Å². The number of carbonyl (C=O) groups excluding carboxylic acids is 1. The molecule has 1 aliphatic rings. The maximum absolute atomic E-state index is 12.4. The van der Waals surface area contributed by atoms with Crippen molar-refractivity contribution in [2.24, 2.45) is 5.92 Å². The summed E-state index contributed by atoms with van der Waals surface area (Å²) in [5.74, 6) is 1.12. The van der Waals surface area contributed by atoms with Crippen molar-refractivity contribution in [3.63, 3.8) is 0 Å². The lowest BCUT2D eigenvalue weighted by atomic mass is 9.88. The molecule has 2 aromatic rings. The molecule has 1 amide bonds. The molecule has 1 aromatic carbocycles. The predicted molar refractivity (Wildman–Crippen MR) is 81.8 cm³/mol. The molecule has 1 aromatic heterocycles. The standard InChI is InChI=1S/C16H17ClN2O2/c1-9-4-6-14-11(7-9)15(19-21-14)16(20)18-13-5-3-10(2)8-12(13)17/h3,5,8-9H,4,6-7H2,1-2H3,(H,18,20). The van der Waals surface area contributed by atoms with Gasteiger partial charge in [-0.05, 0) is 43.4 Å². The third-order valence-electron chi connectivity index (χ3n) is 3.87. The lowest BCUT2D eigenvalue weighted by molar-refractivity contribution is 0.101. The number of rotatable bonds is 2. The van der Waals surface area contributed by atoms with Gasteiger partial charge >= 0.3 is 0 Å². The van der Waals surface area contributed by atoms with E-state index in [1.807, 2.05) is 19.1 Å². The van der Waals surface area contributed by atoms with Crippen LogP contribution in [0, 0.1) is 12.8 Å². The fraction of sp³-hybridized carbons (Fsp3) is 0.375. The number of aromatic nitrogens is 1. The van der Waals surface area contributed by atoms with Crippen LogP contribution in [0.15, 0.2) is 22.7 Å². The largest absolute Gasteiger partial charge is 0.360 e. The summed E-state index contributed by atoms with van der Waals surface area (Å²) in [6, 6.07) is 5.52. The first-order valence-corrected chi connectivity index (χ1v) is 7.47. The molecule has 0 saturated heterocycles. The molecule has 0 bridgehead atoms. The molecule has 0 radical (unpaired) electrons. The number of hydrogen-bond donors (Lipinski definition) is 1. The van der Waals surface area contributed by atoms with Crippen molar-refractivity contribution in [3.05, 3.63) is 45.8 Å². The normalized spacial score (nSPS) is 17.4. The Balaban J connectivity index is 1.85. The van der Waals surface area contributed by atoms with Crippen LogP contribution in [0.1, 0.15) is 40.7 Å². The minimum atomic E-state index is -0.264. The van der Waals surface area contributed by atoms with Crippen molar-refractivity contribution in [3.8, 4) is 0 Å². The third kappa shape index (κ3) is 2.81. The smallest absolute Gasteiger partial charge is 0.278 e. The number of halogens is 1. The molecule has 4 nitrogen and oxygen atoms in total. The van der Waals surface area contributed by atoms with E-state index in [1.54, 1.807) is 6.07 Å². The summed E-state index contributed by atoms with van der Waals surface area (Å²) in [6.45, 7) is 4.13. The summed E-state index contributed by atoms with van der Waals surface area (Å²) in [7, 11) is 0. The first kappa shape index (κ1) is 14.1. The molecule has 1 N–H and O–H groups in total. The van der Waals surface area contributed by atoms with E-state index in [2.05, 4.69) is 17.4 Å². The highest BCUT2D eigenvalue weighted by molar-refractivity contribution is 6.34. The number of carbonyl (C=O) groups is 1. The Labute approximate surface area is 128 Å². The van der Waals surface area contributed by atoms with E-state index in [-0.39, 0.29) is 5.91 Å². The Morgan fingerprint density at radius 2 is 2.29 bits per heavy atom. The van der Waals surface area contributed by atoms with Crippen LogP contribution in [0.4, 0.5) is 5.69 Å². The van der Waals surface area contributed by atoms with Gasteiger partial charge in [0.05, 0.1) is 10.7 Å². The molecule has 0 aliphatic heterocycles. The monoisotopic (exact) mass is 304 g/mol. The van der Waals surface area contributed by atoms with Gasteiger partial charge in [0, 0.05) is 12.0 Å². The number of nitrogens with zero attached hydrogens (tertiary/aromatic N) is 1. The first-order valence-electron chi connectivity index (χ1n) is 7.09. The van der Waals surface area contributed by atoms with E-state index < -0.39 is 0 Å². The molecule has 0 fully saturated rings. The number of benzene rings is 1. The minimum Gasteiger partial charge on any atom is -0.360 e. The highest BCUT2D eigenvalue weighted by Gasteiger charge is 2.27. The van der Waals surface area contributed by atoms with Crippen LogP contribution in [-0.4, -0.2) is 11.1 Å². The number of hydrogen-bond acceptors (Lipinski definition) is 3. The molecule has 0 saturated carbocycles. The van der Waals surface area contributed by atoms with Crippen molar-refractivity contribution >= 4 is 23.2 Å². The topological polar surface area (TPSA) is 55.1 Å². The highest BCUT2D eigenvalue weighted by Crippen LogP contribution is 2.29. The van der Waals surface area contributed by atoms with Crippen molar-refractivity contribution in [1.29, 1.82) is 0 Å². The van der Waals surface area contributed by atoms with Gasteiger partial charge in [-0.2, -0.15) is 0 Å². The van der Waals surface area contributed by atoms with E-state index >= 15 is 0 Å². The van der Waals surface area contributed by atoms with Crippen LogP contribution in [0.5, 0.6) is 0 Å². The van der Waals surface area contributed by atoms with E-state index in [9.17, 15) is 4.79 Å². The second-order valence-corrected chi connectivity index (χ2v) is 6.13. The number of anilines is 1. The zero-order chi connectivity index (χ0) is 15.0. The number of nitrogens with one attached hydrogen (secondary N) is 1. The molecule has 5 heteroatoms. The quantitative estimate of drug-likeness (QED) is 0.912. The van der Waals surface area contributed by atoms with Crippen LogP contribution in [0.2, 0.25) is 5.02 Å². The Bertz CT molecular complexity index is 694. The summed E-state index contributed by atoms with van der Waals surface area (Å²) in [4.78, 5) is 12.4. The number of aryl methyl sites for hydroxylation is 2. The molecule has 21 heavy (non-hydrogen) atoms. The van der Waals surface area contributed by atoms with E-state index in [4.69, 9.17) is 16.1 Å². The summed E-state index contributed by atoms with van der Waals surface area (Å²) < 4.78 is 5.30. The second-order valence-electron chi connectivity index (χ2n) is 5.72. The fourth-order valence-electron chi connectivity index (χ4n) is 2.66. The Morgan fingerprint density at radius 3 is 3.05 bits per heavy atom. The van der Waals surface area contributed by atoms with Gasteiger partial charge in [0.1, 0.15) is 5.76 Å². The van der Waals surface area contributed by atoms with Crippen molar-refractivity contribution in [2.45, 2.75) is 33.1 Å². The number of amides is 1. The van der Waals surface area contributed by atoms with Crippen LogP contribution in [0.25, 0.3) is 0 Å². The molecule has 3 rings (SSSR count). The van der Waals surface area contributed by atoms with Crippen molar-refractivity contribution in [1.82, 2.24) is 5.16 Å². The molecule has 1 aliphatic carbocycles. The summed E-state index contributed by atoms with van der Waals surface area (Å²) in [5, 5.41) is 7.28. The Morgan fingerprint density at radius 1 is 1.48 bits per heavy atom. The lowest BCUT2D eigenvalue weighted by Gasteiger charge is -2.16. The second kappa shape index (κ2) is 5.53. The maximum atomic E-state index is 12.4. The van der Waals surface area contributed by atoms with E-state index in [0.29, 0.717) is 22.3 Å². The zero-order valence-corrected chi connectivity index (χ0v) is 12.8. The van der Waals surface area contributed by atoms with Gasteiger partial charge in [0.15, 0.2) is 5.69 Å². The lowest BCUT2D eigenvalue weighted by Crippen LogP contribution is -2.18. The SMILES string of the molecule is Cc1ccc(NC(=O)c2noc3c2CC(C)CC3)c(Cl)c1. The molecule has 1 unspecified atom stereocenters. The van der Waals surface area contributed by atoms with Crippen LogP contribution in [0.3, 0.4) is 0 Å². The van der Waals surface area contributed by atoms with Gasteiger partial charge < -0.3 is 9.84 Å². The van der Waals surface area contributed by atoms with Crippen LogP contribution < -0.4 is 5.32 Å². The van der Waals surface area contributed by atoms with Crippen LogP contribution in [-0.2, 0) is 12.8 Å². The highest BCUT2D eigenvalue weighted by atomic mass is 35.5. The Kier molecular flexibility index (Phi) is 3.72. The van der Waals surface area contributed by atoms with E-state index in [1.165, 1.54) is 0 Å². The molecule has 110 valence electrons. The van der Waals surface area contributed by atoms with Gasteiger partial charge in [-0.15, -0.1) is 0 Å². The molecule has 1 atom stereocenters. The van der Waals surface area contributed by atoms with E-state index in [0.717, 1.165) is 36.1 Å². The number of fused-ring (bicyclic) bond motifs is 1. The van der Waals surface area contributed by atoms with Crippen molar-refractivity contribution in [2.75, 3.05) is 5.32 Å². The van der Waals surface area contributed by atoms with Gasteiger partial charge in [-0.3, -0.25) is 4.79 Å². The van der Waals surface area contributed by atoms with Gasteiger partial charge in [0.2, 0.25) is 0 Å². The average molecular weight is 305 g/mol. The first-order chi connectivity index (χ1) is 10.0. The molecular formula is C16H17ClN2O2. The molecule has 1 heterocycles. The maximum Gasteiger partial charge on any atom is 0.278 e. The fourth-order valence-corrected chi connectivity index (χ4v) is 2.94. The summed E-state index contributed by atoms with van der Waals surface area (Å²) in [5.41, 5.74) is 2.96. The summed E-state index contributed by atoms with van der Waals surface area (Å²) >= 11 is 6.14. The Hall–Kier alpha value is -1.81. The average Bonchev–Trinajstić information content (AvgIpc) is 2.85. The molecule has 0 spiro atoms.